The zero-order valence-corrected chi connectivity index (χ0v) is 24.5. The second-order valence-electron chi connectivity index (χ2n) is 10.6. The minimum Gasteiger partial charge on any atom is -0.481 e. The Balaban J connectivity index is 3.73. The molecule has 1 unspecified atom stereocenters. The highest BCUT2D eigenvalue weighted by atomic mass is 16.5. The minimum atomic E-state index is -0.692. The largest absolute Gasteiger partial charge is 0.481 e. The Morgan fingerprint density at radius 3 is 1.68 bits per heavy atom. The van der Waals surface area contributed by atoms with Crippen LogP contribution in [0.25, 0.3) is 0 Å². The molecule has 0 radical (unpaired) electrons. The third kappa shape index (κ3) is 28.8. The van der Waals surface area contributed by atoms with Gasteiger partial charge in [-0.1, -0.05) is 115 Å². The Hall–Kier alpha value is -1.58. The average Bonchev–Trinajstić information content (AvgIpc) is 2.88. The molecule has 0 saturated heterocycles. The predicted octanol–water partition coefficient (Wildman–Crippen LogP) is 10.5. The van der Waals surface area contributed by atoms with Crippen molar-refractivity contribution in [1.82, 2.24) is 0 Å². The van der Waals surface area contributed by atoms with Crippen LogP contribution in [-0.2, 0) is 14.3 Å². The van der Waals surface area contributed by atoms with Crippen molar-refractivity contribution in [1.29, 1.82) is 0 Å². The van der Waals surface area contributed by atoms with Gasteiger partial charge in [-0.05, 0) is 64.2 Å². The van der Waals surface area contributed by atoms with Crippen LogP contribution in [0.2, 0.25) is 0 Å². The van der Waals surface area contributed by atoms with Crippen LogP contribution in [0.1, 0.15) is 168 Å². The summed E-state index contributed by atoms with van der Waals surface area (Å²) in [6.45, 7) is 4.43. The van der Waals surface area contributed by atoms with Crippen LogP contribution in [0.4, 0.5) is 0 Å². The first kappa shape index (κ1) is 35.4. The van der Waals surface area contributed by atoms with E-state index in [0.29, 0.717) is 12.8 Å². The second-order valence-corrected chi connectivity index (χ2v) is 10.6. The van der Waals surface area contributed by atoms with Crippen molar-refractivity contribution >= 4 is 11.9 Å². The number of allylic oxidation sites excluding steroid dienone is 4. The molecule has 4 heteroatoms. The number of carboxylic acids is 1. The smallest absolute Gasteiger partial charge is 0.306 e. The third-order valence-corrected chi connectivity index (χ3v) is 6.93. The van der Waals surface area contributed by atoms with Crippen LogP contribution in [0.3, 0.4) is 0 Å². The molecule has 0 heterocycles. The maximum Gasteiger partial charge on any atom is 0.306 e. The molecule has 0 rings (SSSR count). The number of aliphatic carboxylic acids is 1. The van der Waals surface area contributed by atoms with E-state index >= 15 is 0 Å². The minimum absolute atomic E-state index is 0.00906. The number of carbonyl (C=O) groups excluding carboxylic acids is 1. The second kappa shape index (κ2) is 29.0. The third-order valence-electron chi connectivity index (χ3n) is 6.93. The van der Waals surface area contributed by atoms with Gasteiger partial charge in [0.25, 0.3) is 0 Å². The van der Waals surface area contributed by atoms with E-state index in [2.05, 4.69) is 38.2 Å². The van der Waals surface area contributed by atoms with Gasteiger partial charge in [-0.2, -0.15) is 0 Å². The van der Waals surface area contributed by atoms with E-state index in [9.17, 15) is 9.59 Å². The first-order chi connectivity index (χ1) is 18.1. The van der Waals surface area contributed by atoms with E-state index in [-0.39, 0.29) is 12.1 Å². The van der Waals surface area contributed by atoms with E-state index in [1.807, 2.05) is 0 Å². The van der Waals surface area contributed by atoms with Crippen molar-refractivity contribution in [3.05, 3.63) is 24.3 Å². The summed E-state index contributed by atoms with van der Waals surface area (Å²) in [7, 11) is 0. The van der Waals surface area contributed by atoms with Crippen molar-refractivity contribution in [2.45, 2.75) is 174 Å². The number of hydrogen-bond donors (Lipinski definition) is 1. The molecular weight excluding hydrogens is 460 g/mol. The lowest BCUT2D eigenvalue weighted by atomic mass is 10.0. The number of esters is 1. The molecule has 0 aromatic rings. The van der Waals surface area contributed by atoms with Crippen LogP contribution in [0.5, 0.6) is 0 Å². The summed E-state index contributed by atoms with van der Waals surface area (Å²) in [4.78, 5) is 22.9. The predicted molar refractivity (Wildman–Crippen MR) is 158 cm³/mol. The van der Waals surface area contributed by atoms with Gasteiger partial charge in [-0.3, -0.25) is 9.59 Å². The van der Waals surface area contributed by atoms with E-state index < -0.39 is 5.97 Å². The summed E-state index contributed by atoms with van der Waals surface area (Å²) in [5.41, 5.74) is 0. The number of hydrogen-bond acceptors (Lipinski definition) is 3. The average molecular weight is 521 g/mol. The van der Waals surface area contributed by atoms with Gasteiger partial charge < -0.3 is 9.84 Å². The van der Waals surface area contributed by atoms with E-state index in [0.717, 1.165) is 77.0 Å². The maximum atomic E-state index is 12.4. The van der Waals surface area contributed by atoms with Gasteiger partial charge in [-0.15, -0.1) is 0 Å². The molecule has 0 amide bonds. The molecule has 0 aliphatic rings. The van der Waals surface area contributed by atoms with Crippen molar-refractivity contribution in [3.8, 4) is 0 Å². The highest BCUT2D eigenvalue weighted by molar-refractivity contribution is 5.69. The summed E-state index contributed by atoms with van der Waals surface area (Å²) in [6, 6.07) is 0. The molecular formula is C33H60O4. The monoisotopic (exact) mass is 520 g/mol. The standard InChI is InChI=1S/C33H60O4/c1-3-5-7-8-9-10-11-12-13-14-15-16-20-23-26-30-33(36)37-31(27-6-4-2)28-24-21-18-17-19-22-25-29-32(34)35/h9-10,12-13,31H,3-8,11,14-30H2,1-2H3,(H,34,35)/b10-9-,13-12-. The molecule has 0 bridgehead atoms. The van der Waals surface area contributed by atoms with Crippen molar-refractivity contribution in [3.63, 3.8) is 0 Å². The van der Waals surface area contributed by atoms with Crippen LogP contribution in [-0.4, -0.2) is 23.1 Å². The van der Waals surface area contributed by atoms with Crippen molar-refractivity contribution < 1.29 is 19.4 Å². The number of rotatable bonds is 28. The molecule has 0 saturated carbocycles. The van der Waals surface area contributed by atoms with E-state index in [4.69, 9.17) is 9.84 Å². The Labute approximate surface area is 229 Å². The molecule has 0 fully saturated rings. The molecule has 1 N–H and O–H groups in total. The molecule has 1 atom stereocenters. The van der Waals surface area contributed by atoms with Crippen LogP contribution in [0.15, 0.2) is 24.3 Å². The fraction of sp³-hybridized carbons (Fsp3) is 0.818. The first-order valence-electron chi connectivity index (χ1n) is 15.8. The zero-order chi connectivity index (χ0) is 27.2. The molecule has 0 aliphatic carbocycles. The maximum absolute atomic E-state index is 12.4. The SMILES string of the molecule is CCCCC/C=C\C/C=C\CCCCCCCC(=O)OC(CCCC)CCCCCCCCCC(=O)O. The fourth-order valence-corrected chi connectivity index (χ4v) is 4.55. The lowest BCUT2D eigenvalue weighted by Crippen LogP contribution is -2.18. The van der Waals surface area contributed by atoms with Crippen LogP contribution < -0.4 is 0 Å². The molecule has 37 heavy (non-hydrogen) atoms. The summed E-state index contributed by atoms with van der Waals surface area (Å²) in [6.07, 6.45) is 35.0. The summed E-state index contributed by atoms with van der Waals surface area (Å²) in [5.74, 6) is -0.701. The Morgan fingerprint density at radius 2 is 1.08 bits per heavy atom. The number of ether oxygens (including phenoxy) is 1. The van der Waals surface area contributed by atoms with Crippen LogP contribution >= 0.6 is 0 Å². The number of unbranched alkanes of at least 4 members (excludes halogenated alkanes) is 15. The van der Waals surface area contributed by atoms with Gasteiger partial charge in [0.1, 0.15) is 6.10 Å². The lowest BCUT2D eigenvalue weighted by Gasteiger charge is -2.18. The Morgan fingerprint density at radius 1 is 0.595 bits per heavy atom. The Kier molecular flexibility index (Phi) is 27.7. The fourth-order valence-electron chi connectivity index (χ4n) is 4.55. The Bertz CT molecular complexity index is 567. The van der Waals surface area contributed by atoms with Gasteiger partial charge in [0, 0.05) is 12.8 Å². The molecule has 4 nitrogen and oxygen atoms in total. The first-order valence-corrected chi connectivity index (χ1v) is 15.8. The molecule has 0 aliphatic heterocycles. The topological polar surface area (TPSA) is 63.6 Å². The van der Waals surface area contributed by atoms with Crippen molar-refractivity contribution in [2.75, 3.05) is 0 Å². The molecule has 0 aromatic heterocycles. The van der Waals surface area contributed by atoms with Crippen molar-refractivity contribution in [2.24, 2.45) is 0 Å². The van der Waals surface area contributed by atoms with Gasteiger partial charge in [0.05, 0.1) is 0 Å². The molecule has 0 aromatic carbocycles. The van der Waals surface area contributed by atoms with Crippen LogP contribution in [0, 0.1) is 0 Å². The summed E-state index contributed by atoms with van der Waals surface area (Å²) in [5, 5.41) is 8.67. The number of carbonyl (C=O) groups is 2. The number of carboxylic acid groups (broad SMARTS) is 1. The summed E-state index contributed by atoms with van der Waals surface area (Å²) < 4.78 is 5.84. The quantitative estimate of drug-likeness (QED) is 0.0633. The van der Waals surface area contributed by atoms with Gasteiger partial charge in [0.2, 0.25) is 0 Å². The summed E-state index contributed by atoms with van der Waals surface area (Å²) >= 11 is 0. The lowest BCUT2D eigenvalue weighted by molar-refractivity contribution is -0.150. The molecule has 216 valence electrons. The highest BCUT2D eigenvalue weighted by Gasteiger charge is 2.13. The normalized spacial score (nSPS) is 12.5. The van der Waals surface area contributed by atoms with E-state index in [1.165, 1.54) is 64.2 Å². The zero-order valence-electron chi connectivity index (χ0n) is 24.5. The molecule has 0 spiro atoms. The van der Waals surface area contributed by atoms with E-state index in [1.54, 1.807) is 0 Å². The van der Waals surface area contributed by atoms with Gasteiger partial charge in [-0.25, -0.2) is 0 Å². The highest BCUT2D eigenvalue weighted by Crippen LogP contribution is 2.17. The van der Waals surface area contributed by atoms with Gasteiger partial charge in [0.15, 0.2) is 0 Å². The van der Waals surface area contributed by atoms with Gasteiger partial charge >= 0.3 is 11.9 Å².